The van der Waals surface area contributed by atoms with Gasteiger partial charge in [-0.3, -0.25) is 9.59 Å². The van der Waals surface area contributed by atoms with Crippen molar-refractivity contribution in [3.63, 3.8) is 0 Å². The third-order valence-corrected chi connectivity index (χ3v) is 5.01. The van der Waals surface area contributed by atoms with Gasteiger partial charge < -0.3 is 10.2 Å². The second-order valence-electron chi connectivity index (χ2n) is 5.92. The first-order chi connectivity index (χ1) is 9.59. The fourth-order valence-corrected chi connectivity index (χ4v) is 4.12. The molecular weight excluding hydrogens is 256 g/mol. The standard InChI is InChI=1S/C16H14O4/c17-9-5-6-10(18)14-13(9)15(19)11-7-1-2-8(4-3-7)12(11)16(14)20/h1-2,5-8,11-12,17-18H,3-4H2/t7-,8+,11-,12+. The molecule has 4 aliphatic carbocycles. The first kappa shape index (κ1) is 11.7. The number of fused-ring (bicyclic) bond motifs is 2. The highest BCUT2D eigenvalue weighted by molar-refractivity contribution is 6.19. The summed E-state index contributed by atoms with van der Waals surface area (Å²) in [4.78, 5) is 25.4. The number of ketones is 2. The van der Waals surface area contributed by atoms with Crippen LogP contribution in [0.5, 0.6) is 11.5 Å². The molecule has 0 heterocycles. The number of carbonyl (C=O) groups is 2. The Morgan fingerprint density at radius 3 is 1.55 bits per heavy atom. The summed E-state index contributed by atoms with van der Waals surface area (Å²) < 4.78 is 0. The normalized spacial score (nSPS) is 34.0. The molecule has 0 aliphatic heterocycles. The number of hydrogen-bond acceptors (Lipinski definition) is 4. The summed E-state index contributed by atoms with van der Waals surface area (Å²) in [6, 6.07) is 2.55. The molecule has 20 heavy (non-hydrogen) atoms. The van der Waals surface area contributed by atoms with Crippen LogP contribution in [0.3, 0.4) is 0 Å². The number of rotatable bonds is 0. The molecule has 0 radical (unpaired) electrons. The summed E-state index contributed by atoms with van der Waals surface area (Å²) in [5, 5.41) is 19.9. The van der Waals surface area contributed by atoms with Crippen molar-refractivity contribution in [3.05, 3.63) is 35.4 Å². The molecule has 1 aromatic rings. The van der Waals surface area contributed by atoms with Crippen LogP contribution in [0, 0.1) is 23.7 Å². The van der Waals surface area contributed by atoms with Crippen LogP contribution in [0.1, 0.15) is 33.6 Å². The molecule has 4 atom stereocenters. The Labute approximate surface area is 115 Å². The van der Waals surface area contributed by atoms with E-state index in [1.54, 1.807) is 0 Å². The Morgan fingerprint density at radius 1 is 0.800 bits per heavy atom. The molecule has 102 valence electrons. The van der Waals surface area contributed by atoms with E-state index in [1.165, 1.54) is 12.1 Å². The molecule has 5 rings (SSSR count). The maximum Gasteiger partial charge on any atom is 0.171 e. The maximum atomic E-state index is 12.7. The Morgan fingerprint density at radius 2 is 1.20 bits per heavy atom. The van der Waals surface area contributed by atoms with Crippen LogP contribution in [-0.2, 0) is 0 Å². The summed E-state index contributed by atoms with van der Waals surface area (Å²) in [6.45, 7) is 0. The molecule has 1 aromatic carbocycles. The second-order valence-corrected chi connectivity index (χ2v) is 5.92. The third kappa shape index (κ3) is 1.26. The van der Waals surface area contributed by atoms with Crippen LogP contribution in [0.2, 0.25) is 0 Å². The minimum atomic E-state index is -0.369. The molecule has 2 N–H and O–H groups in total. The Hall–Kier alpha value is -2.10. The Balaban J connectivity index is 1.97. The minimum Gasteiger partial charge on any atom is -0.507 e. The first-order valence-corrected chi connectivity index (χ1v) is 6.91. The number of Topliss-reactive ketones (excluding diaryl/α,β-unsaturated/α-hetero) is 2. The summed E-state index contributed by atoms with van der Waals surface area (Å²) in [6.07, 6.45) is 5.89. The molecule has 0 aromatic heterocycles. The number of aromatic hydroxyl groups is 2. The SMILES string of the molecule is O=C1c2c(O)ccc(O)c2C(=O)[C@H]2[C@@H]1[C@H]1C=C[C@@H]2CC1. The van der Waals surface area contributed by atoms with Gasteiger partial charge in [-0.1, -0.05) is 12.2 Å². The van der Waals surface area contributed by atoms with Gasteiger partial charge in [0.1, 0.15) is 11.5 Å². The summed E-state index contributed by atoms with van der Waals surface area (Å²) in [5.41, 5.74) is 0.0226. The van der Waals surface area contributed by atoms with Gasteiger partial charge in [0.25, 0.3) is 0 Å². The van der Waals surface area contributed by atoms with E-state index in [4.69, 9.17) is 0 Å². The van der Waals surface area contributed by atoms with Crippen LogP contribution in [0.4, 0.5) is 0 Å². The number of hydrogen-bond donors (Lipinski definition) is 2. The second kappa shape index (κ2) is 3.72. The van der Waals surface area contributed by atoms with Crippen LogP contribution in [0.15, 0.2) is 24.3 Å². The lowest BCUT2D eigenvalue weighted by Crippen LogP contribution is -2.48. The van der Waals surface area contributed by atoms with Gasteiger partial charge >= 0.3 is 0 Å². The van der Waals surface area contributed by atoms with Gasteiger partial charge in [-0.2, -0.15) is 0 Å². The van der Waals surface area contributed by atoms with Gasteiger partial charge in [-0.05, 0) is 36.8 Å². The highest BCUT2D eigenvalue weighted by atomic mass is 16.3. The zero-order valence-corrected chi connectivity index (χ0v) is 10.7. The molecule has 0 unspecified atom stereocenters. The highest BCUT2D eigenvalue weighted by Gasteiger charge is 2.53. The predicted molar refractivity (Wildman–Crippen MR) is 70.8 cm³/mol. The smallest absolute Gasteiger partial charge is 0.171 e. The largest absolute Gasteiger partial charge is 0.507 e. The van der Waals surface area contributed by atoms with Gasteiger partial charge in [-0.15, -0.1) is 0 Å². The quantitative estimate of drug-likeness (QED) is 0.560. The van der Waals surface area contributed by atoms with E-state index in [0.717, 1.165) is 12.8 Å². The van der Waals surface area contributed by atoms with Crippen molar-refractivity contribution in [1.29, 1.82) is 0 Å². The number of phenols is 2. The Bertz CT molecular complexity index is 616. The molecule has 4 heteroatoms. The van der Waals surface area contributed by atoms with Crippen molar-refractivity contribution in [2.24, 2.45) is 23.7 Å². The average Bonchev–Trinajstić information content (AvgIpc) is 2.47. The molecule has 1 fully saturated rings. The van der Waals surface area contributed by atoms with Crippen molar-refractivity contribution in [3.8, 4) is 11.5 Å². The number of allylic oxidation sites excluding steroid dienone is 2. The predicted octanol–water partition coefficient (Wildman–Crippen LogP) is 2.31. The molecule has 2 bridgehead atoms. The van der Waals surface area contributed by atoms with Crippen LogP contribution < -0.4 is 0 Å². The monoisotopic (exact) mass is 270 g/mol. The van der Waals surface area contributed by atoms with Crippen molar-refractivity contribution >= 4 is 11.6 Å². The number of carbonyl (C=O) groups excluding carboxylic acids is 2. The summed E-state index contributed by atoms with van der Waals surface area (Å²) in [5.74, 6) is -1.39. The average molecular weight is 270 g/mol. The van der Waals surface area contributed by atoms with Crippen molar-refractivity contribution in [2.75, 3.05) is 0 Å². The number of benzene rings is 1. The molecular formula is C16H14O4. The van der Waals surface area contributed by atoms with E-state index in [-0.39, 0.29) is 57.9 Å². The third-order valence-electron chi connectivity index (χ3n) is 5.01. The van der Waals surface area contributed by atoms with Crippen LogP contribution in [0.25, 0.3) is 0 Å². The zero-order chi connectivity index (χ0) is 14.0. The lowest BCUT2D eigenvalue weighted by Gasteiger charge is -2.45. The molecule has 0 spiro atoms. The molecule has 4 nitrogen and oxygen atoms in total. The maximum absolute atomic E-state index is 12.7. The fourth-order valence-electron chi connectivity index (χ4n) is 4.12. The van der Waals surface area contributed by atoms with Gasteiger partial charge in [0.05, 0.1) is 11.1 Å². The summed E-state index contributed by atoms with van der Waals surface area (Å²) >= 11 is 0. The zero-order valence-electron chi connectivity index (χ0n) is 10.7. The first-order valence-electron chi connectivity index (χ1n) is 6.91. The minimum absolute atomic E-state index is 0.0113. The van der Waals surface area contributed by atoms with Gasteiger partial charge in [0.2, 0.25) is 0 Å². The van der Waals surface area contributed by atoms with E-state index in [9.17, 15) is 19.8 Å². The van der Waals surface area contributed by atoms with E-state index in [2.05, 4.69) is 0 Å². The van der Waals surface area contributed by atoms with Crippen LogP contribution in [-0.4, -0.2) is 21.8 Å². The van der Waals surface area contributed by atoms with Crippen LogP contribution >= 0.6 is 0 Å². The molecule has 0 saturated heterocycles. The van der Waals surface area contributed by atoms with Crippen molar-refractivity contribution < 1.29 is 19.8 Å². The van der Waals surface area contributed by atoms with E-state index >= 15 is 0 Å². The van der Waals surface area contributed by atoms with Crippen molar-refractivity contribution in [2.45, 2.75) is 12.8 Å². The van der Waals surface area contributed by atoms with Gasteiger partial charge in [0, 0.05) is 11.8 Å². The molecule has 4 aliphatic rings. The van der Waals surface area contributed by atoms with Crippen molar-refractivity contribution in [1.82, 2.24) is 0 Å². The summed E-state index contributed by atoms with van der Waals surface area (Å²) in [7, 11) is 0. The topological polar surface area (TPSA) is 74.6 Å². The van der Waals surface area contributed by atoms with Gasteiger partial charge in [-0.25, -0.2) is 0 Å². The number of phenolic OH excluding ortho intramolecular Hbond substituents is 2. The van der Waals surface area contributed by atoms with Gasteiger partial charge in [0.15, 0.2) is 11.6 Å². The van der Waals surface area contributed by atoms with E-state index in [1.807, 2.05) is 12.2 Å². The fraction of sp³-hybridized carbons (Fsp3) is 0.375. The van der Waals surface area contributed by atoms with E-state index in [0.29, 0.717) is 0 Å². The lowest BCUT2D eigenvalue weighted by atomic mass is 9.56. The molecule has 0 amide bonds. The highest BCUT2D eigenvalue weighted by Crippen LogP contribution is 2.52. The Kier molecular flexibility index (Phi) is 2.18. The molecule has 1 saturated carbocycles. The van der Waals surface area contributed by atoms with E-state index < -0.39 is 0 Å². The lowest BCUT2D eigenvalue weighted by molar-refractivity contribution is 0.0514.